The predicted octanol–water partition coefficient (Wildman–Crippen LogP) is 2.82. The van der Waals surface area contributed by atoms with Crippen molar-refractivity contribution >= 4 is 22.8 Å². The highest BCUT2D eigenvalue weighted by Gasteiger charge is 2.24. The van der Waals surface area contributed by atoms with Gasteiger partial charge in [0.25, 0.3) is 0 Å². The molecule has 1 aliphatic rings. The van der Waals surface area contributed by atoms with Crippen molar-refractivity contribution in [2.24, 2.45) is 13.0 Å². The minimum absolute atomic E-state index is 0.145. The number of fused-ring (bicyclic) bond motifs is 1. The zero-order valence-corrected chi connectivity index (χ0v) is 14.1. The number of para-hydroxylation sites is 1. The average Bonchev–Trinajstić information content (AvgIpc) is 2.90. The molecule has 0 spiro atoms. The molecule has 0 bridgehead atoms. The Morgan fingerprint density at radius 1 is 1.29 bits per heavy atom. The maximum Gasteiger partial charge on any atom is 0.303 e. The van der Waals surface area contributed by atoms with Crippen LogP contribution < -0.4 is 0 Å². The van der Waals surface area contributed by atoms with E-state index in [1.165, 1.54) is 0 Å². The zero-order valence-electron chi connectivity index (χ0n) is 14.1. The molecule has 0 aliphatic carbocycles. The number of nitrogens with zero attached hydrogens (tertiary/aromatic N) is 2. The van der Waals surface area contributed by atoms with Crippen molar-refractivity contribution in [1.82, 2.24) is 9.47 Å². The molecule has 1 aliphatic heterocycles. The molecular weight excluding hydrogens is 304 g/mol. The van der Waals surface area contributed by atoms with Gasteiger partial charge in [-0.15, -0.1) is 0 Å². The van der Waals surface area contributed by atoms with Crippen molar-refractivity contribution < 1.29 is 14.7 Å². The Labute approximate surface area is 141 Å². The molecule has 5 nitrogen and oxygen atoms in total. The summed E-state index contributed by atoms with van der Waals surface area (Å²) in [5, 5.41) is 9.97. The van der Waals surface area contributed by atoms with Crippen LogP contribution in [0.1, 0.15) is 31.2 Å². The SMILES string of the molecule is Cn1cc(CC(=O)N2CCC[C@@H](CCC(=O)O)C2)c2ccccc21. The highest BCUT2D eigenvalue weighted by molar-refractivity contribution is 5.89. The van der Waals surface area contributed by atoms with E-state index >= 15 is 0 Å². The van der Waals surface area contributed by atoms with Crippen molar-refractivity contribution in [1.29, 1.82) is 0 Å². The lowest BCUT2D eigenvalue weighted by Crippen LogP contribution is -2.40. The summed E-state index contributed by atoms with van der Waals surface area (Å²) in [6.45, 7) is 1.48. The Balaban J connectivity index is 1.66. The van der Waals surface area contributed by atoms with Gasteiger partial charge >= 0.3 is 5.97 Å². The van der Waals surface area contributed by atoms with Crippen molar-refractivity contribution in [3.63, 3.8) is 0 Å². The van der Waals surface area contributed by atoms with Gasteiger partial charge in [-0.2, -0.15) is 0 Å². The summed E-state index contributed by atoms with van der Waals surface area (Å²) in [7, 11) is 2.00. The van der Waals surface area contributed by atoms with Crippen LogP contribution in [0.15, 0.2) is 30.5 Å². The molecule has 1 N–H and O–H groups in total. The lowest BCUT2D eigenvalue weighted by molar-refractivity contribution is -0.137. The zero-order chi connectivity index (χ0) is 17.1. The molecule has 1 aromatic carbocycles. The molecule has 1 aromatic heterocycles. The number of amides is 1. The Hall–Kier alpha value is -2.30. The first-order valence-corrected chi connectivity index (χ1v) is 8.57. The third kappa shape index (κ3) is 3.61. The number of piperidine rings is 1. The van der Waals surface area contributed by atoms with E-state index < -0.39 is 5.97 Å². The summed E-state index contributed by atoms with van der Waals surface area (Å²) in [5.41, 5.74) is 2.20. The summed E-state index contributed by atoms with van der Waals surface area (Å²) in [5.74, 6) is -0.299. The molecule has 1 fully saturated rings. The summed E-state index contributed by atoms with van der Waals surface area (Å²) < 4.78 is 2.06. The Kier molecular flexibility index (Phi) is 4.88. The summed E-state index contributed by atoms with van der Waals surface area (Å²) >= 11 is 0. The maximum absolute atomic E-state index is 12.7. The lowest BCUT2D eigenvalue weighted by atomic mass is 9.93. The van der Waals surface area contributed by atoms with Crippen LogP contribution in [-0.4, -0.2) is 39.5 Å². The van der Waals surface area contributed by atoms with Crippen molar-refractivity contribution in [3.05, 3.63) is 36.0 Å². The van der Waals surface area contributed by atoms with E-state index in [0.29, 0.717) is 25.3 Å². The van der Waals surface area contributed by atoms with E-state index in [4.69, 9.17) is 5.11 Å². The topological polar surface area (TPSA) is 62.5 Å². The van der Waals surface area contributed by atoms with Crippen LogP contribution in [0.2, 0.25) is 0 Å². The number of hydrogen-bond acceptors (Lipinski definition) is 2. The molecule has 0 unspecified atom stereocenters. The number of carbonyl (C=O) groups is 2. The monoisotopic (exact) mass is 328 g/mol. The number of carboxylic acid groups (broad SMARTS) is 1. The third-order valence-corrected chi connectivity index (χ3v) is 4.96. The van der Waals surface area contributed by atoms with Gasteiger partial charge in [-0.05, 0) is 36.8 Å². The van der Waals surface area contributed by atoms with Gasteiger partial charge in [-0.3, -0.25) is 9.59 Å². The molecule has 0 radical (unpaired) electrons. The van der Waals surface area contributed by atoms with E-state index in [9.17, 15) is 9.59 Å². The summed E-state index contributed by atoms with van der Waals surface area (Å²) in [4.78, 5) is 25.4. The second-order valence-electron chi connectivity index (χ2n) is 6.74. The van der Waals surface area contributed by atoms with E-state index in [0.717, 1.165) is 35.9 Å². The van der Waals surface area contributed by atoms with Crippen LogP contribution in [-0.2, 0) is 23.1 Å². The fourth-order valence-corrected chi connectivity index (χ4v) is 3.70. The number of hydrogen-bond donors (Lipinski definition) is 1. The maximum atomic E-state index is 12.7. The Bertz CT molecular complexity index is 750. The lowest BCUT2D eigenvalue weighted by Gasteiger charge is -2.32. The minimum Gasteiger partial charge on any atom is -0.481 e. The molecule has 1 atom stereocenters. The van der Waals surface area contributed by atoms with E-state index in [-0.39, 0.29) is 12.3 Å². The van der Waals surface area contributed by atoms with Crippen molar-refractivity contribution in [2.45, 2.75) is 32.1 Å². The molecule has 24 heavy (non-hydrogen) atoms. The third-order valence-electron chi connectivity index (χ3n) is 4.96. The Morgan fingerprint density at radius 3 is 2.88 bits per heavy atom. The number of carboxylic acids is 1. The van der Waals surface area contributed by atoms with E-state index in [1.54, 1.807) is 0 Å². The highest BCUT2D eigenvalue weighted by Crippen LogP contribution is 2.24. The van der Waals surface area contributed by atoms with Gasteiger partial charge in [0.1, 0.15) is 0 Å². The molecule has 2 aromatic rings. The van der Waals surface area contributed by atoms with Crippen LogP contribution in [0.3, 0.4) is 0 Å². The molecule has 128 valence electrons. The molecule has 5 heteroatoms. The van der Waals surface area contributed by atoms with Gasteiger partial charge in [0.15, 0.2) is 0 Å². The molecule has 2 heterocycles. The van der Waals surface area contributed by atoms with Gasteiger partial charge in [-0.25, -0.2) is 0 Å². The first-order chi connectivity index (χ1) is 11.5. The highest BCUT2D eigenvalue weighted by atomic mass is 16.4. The van der Waals surface area contributed by atoms with E-state index in [1.807, 2.05) is 30.3 Å². The van der Waals surface area contributed by atoms with Gasteiger partial charge in [0.2, 0.25) is 5.91 Å². The van der Waals surface area contributed by atoms with Gasteiger partial charge in [-0.1, -0.05) is 18.2 Å². The molecule has 1 amide bonds. The molecular formula is C19H24N2O3. The van der Waals surface area contributed by atoms with Crippen molar-refractivity contribution in [3.8, 4) is 0 Å². The minimum atomic E-state index is -0.755. The number of carbonyl (C=O) groups excluding carboxylic acids is 1. The first-order valence-electron chi connectivity index (χ1n) is 8.57. The van der Waals surface area contributed by atoms with Gasteiger partial charge < -0.3 is 14.6 Å². The van der Waals surface area contributed by atoms with Crippen molar-refractivity contribution in [2.75, 3.05) is 13.1 Å². The number of aliphatic carboxylic acids is 1. The Morgan fingerprint density at radius 2 is 2.08 bits per heavy atom. The van der Waals surface area contributed by atoms with Gasteiger partial charge in [0, 0.05) is 43.7 Å². The predicted molar refractivity (Wildman–Crippen MR) is 92.8 cm³/mol. The molecule has 1 saturated heterocycles. The molecule has 3 rings (SSSR count). The smallest absolute Gasteiger partial charge is 0.303 e. The number of aromatic nitrogens is 1. The first kappa shape index (κ1) is 16.6. The number of benzene rings is 1. The van der Waals surface area contributed by atoms with Crippen LogP contribution in [0.5, 0.6) is 0 Å². The van der Waals surface area contributed by atoms with Crippen LogP contribution in [0.4, 0.5) is 0 Å². The second-order valence-corrected chi connectivity index (χ2v) is 6.74. The largest absolute Gasteiger partial charge is 0.481 e. The molecule has 0 saturated carbocycles. The van der Waals surface area contributed by atoms with Gasteiger partial charge in [0.05, 0.1) is 6.42 Å². The van der Waals surface area contributed by atoms with Crippen LogP contribution >= 0.6 is 0 Å². The summed E-state index contributed by atoms with van der Waals surface area (Å²) in [6, 6.07) is 8.13. The standard InChI is InChI=1S/C19H24N2O3/c1-20-13-15(16-6-2-3-7-17(16)20)11-18(22)21-10-4-5-14(12-21)8-9-19(23)24/h2-3,6-7,13-14H,4-5,8-12H2,1H3,(H,23,24)/t14-/m0/s1. The number of aryl methyl sites for hydroxylation is 1. The number of rotatable bonds is 5. The number of likely N-dealkylation sites (tertiary alicyclic amines) is 1. The fraction of sp³-hybridized carbons (Fsp3) is 0.474. The fourth-order valence-electron chi connectivity index (χ4n) is 3.70. The normalized spacial score (nSPS) is 18.0. The quantitative estimate of drug-likeness (QED) is 0.918. The second kappa shape index (κ2) is 7.07. The van der Waals surface area contributed by atoms with E-state index in [2.05, 4.69) is 16.7 Å². The van der Waals surface area contributed by atoms with Crippen LogP contribution in [0.25, 0.3) is 10.9 Å². The summed E-state index contributed by atoms with van der Waals surface area (Å²) in [6.07, 6.45) is 5.28. The average molecular weight is 328 g/mol. The van der Waals surface area contributed by atoms with Crippen LogP contribution in [0, 0.1) is 5.92 Å².